The van der Waals surface area contributed by atoms with E-state index in [-0.39, 0.29) is 5.78 Å². The summed E-state index contributed by atoms with van der Waals surface area (Å²) in [6.07, 6.45) is -0.406. The van der Waals surface area contributed by atoms with Crippen molar-refractivity contribution in [2.75, 3.05) is 7.11 Å². The van der Waals surface area contributed by atoms with E-state index in [1.54, 1.807) is 26.2 Å². The number of hydrogen-bond acceptors (Lipinski definition) is 2. The molecule has 2 nitrogen and oxygen atoms in total. The second-order valence-corrected chi connectivity index (χ2v) is 7.16. The van der Waals surface area contributed by atoms with Gasteiger partial charge in [-0.05, 0) is 62.2 Å². The molecule has 3 rings (SSSR count). The lowest BCUT2D eigenvalue weighted by molar-refractivity contribution is 0.101. The number of rotatable bonds is 3. The minimum Gasteiger partial charge on any atom is -0.364 e. The van der Waals surface area contributed by atoms with Crippen LogP contribution in [0.1, 0.15) is 56.8 Å². The summed E-state index contributed by atoms with van der Waals surface area (Å²) in [4.78, 5) is 11.4. The fourth-order valence-corrected chi connectivity index (χ4v) is 3.03. The summed E-state index contributed by atoms with van der Waals surface area (Å²) < 4.78 is 5.71. The molecule has 0 radical (unpaired) electrons. The number of methoxy groups -OCH3 is 1. The lowest BCUT2D eigenvalue weighted by Crippen LogP contribution is -2.03. The fraction of sp³-hybridized carbons (Fsp3) is 0.179. The Morgan fingerprint density at radius 1 is 0.833 bits per heavy atom. The molecule has 0 N–H and O–H groups in total. The third-order valence-electron chi connectivity index (χ3n) is 4.94. The summed E-state index contributed by atoms with van der Waals surface area (Å²) in [5.74, 6) is 12.9. The lowest BCUT2D eigenvalue weighted by atomic mass is 9.96. The van der Waals surface area contributed by atoms with E-state index in [1.165, 1.54) is 11.1 Å². The monoisotopic (exact) mass is 392 g/mol. The van der Waals surface area contributed by atoms with Gasteiger partial charge in [0.15, 0.2) is 5.78 Å². The molecule has 3 aromatic rings. The molecule has 0 aromatic heterocycles. The number of hydrogen-bond donors (Lipinski definition) is 0. The highest BCUT2D eigenvalue weighted by Gasteiger charge is 2.13. The van der Waals surface area contributed by atoms with Gasteiger partial charge < -0.3 is 4.74 Å². The second kappa shape index (κ2) is 9.75. The maximum absolute atomic E-state index is 11.4. The van der Waals surface area contributed by atoms with Gasteiger partial charge in [-0.15, -0.1) is 0 Å². The van der Waals surface area contributed by atoms with Crippen LogP contribution in [0.4, 0.5) is 0 Å². The third kappa shape index (κ3) is 5.26. The molecule has 0 spiro atoms. The number of ketones is 1. The van der Waals surface area contributed by atoms with Gasteiger partial charge in [-0.25, -0.2) is 0 Å². The first-order chi connectivity index (χ1) is 14.5. The number of carbonyl (C=O) groups is 1. The van der Waals surface area contributed by atoms with Crippen molar-refractivity contribution in [3.8, 4) is 23.7 Å². The Balaban J connectivity index is 1.97. The van der Waals surface area contributed by atoms with Crippen LogP contribution in [0.15, 0.2) is 66.7 Å². The van der Waals surface area contributed by atoms with Gasteiger partial charge in [0, 0.05) is 34.9 Å². The first kappa shape index (κ1) is 21.1. The minimum atomic E-state index is -0.406. The van der Waals surface area contributed by atoms with E-state index in [2.05, 4.69) is 49.7 Å². The van der Waals surface area contributed by atoms with Crippen molar-refractivity contribution in [2.24, 2.45) is 0 Å². The van der Waals surface area contributed by atoms with Crippen molar-refractivity contribution in [3.05, 3.63) is 106 Å². The van der Waals surface area contributed by atoms with E-state index in [0.717, 1.165) is 22.3 Å². The molecule has 0 amide bonds. The number of aryl methyl sites for hydroxylation is 2. The number of Topliss-reactive ketones (excluding diaryl/α,β-unsaturated/α-hetero) is 1. The van der Waals surface area contributed by atoms with E-state index in [9.17, 15) is 4.79 Å². The van der Waals surface area contributed by atoms with E-state index >= 15 is 0 Å². The van der Waals surface area contributed by atoms with Crippen LogP contribution < -0.4 is 0 Å². The largest absolute Gasteiger partial charge is 0.364 e. The van der Waals surface area contributed by atoms with Gasteiger partial charge in [-0.3, -0.25) is 4.79 Å². The normalized spacial score (nSPS) is 10.9. The first-order valence-electron chi connectivity index (χ1n) is 9.81. The molecule has 0 aliphatic rings. The Bertz CT molecular complexity index is 1160. The molecule has 0 bridgehead atoms. The van der Waals surface area contributed by atoms with Gasteiger partial charge in [0.25, 0.3) is 0 Å². The summed E-state index contributed by atoms with van der Waals surface area (Å²) in [7, 11) is 1.65. The Morgan fingerprint density at radius 3 is 2.10 bits per heavy atom. The maximum atomic E-state index is 11.4. The molecule has 1 unspecified atom stereocenters. The second-order valence-electron chi connectivity index (χ2n) is 7.16. The van der Waals surface area contributed by atoms with Gasteiger partial charge >= 0.3 is 0 Å². The topological polar surface area (TPSA) is 26.3 Å². The molecule has 0 heterocycles. The number of carbonyl (C=O) groups excluding carboxylic acids is 1. The zero-order chi connectivity index (χ0) is 21.5. The molecular formula is C28H24O2. The Labute approximate surface area is 178 Å². The van der Waals surface area contributed by atoms with Crippen molar-refractivity contribution in [1.29, 1.82) is 0 Å². The molecule has 1 atom stereocenters. The van der Waals surface area contributed by atoms with E-state index < -0.39 is 6.10 Å². The van der Waals surface area contributed by atoms with Crippen LogP contribution in [0, 0.1) is 37.5 Å². The molecule has 0 saturated heterocycles. The molecular weight excluding hydrogens is 368 g/mol. The minimum absolute atomic E-state index is 0.0426. The summed E-state index contributed by atoms with van der Waals surface area (Å²) in [6.45, 7) is 5.71. The van der Waals surface area contributed by atoms with Gasteiger partial charge in [0.1, 0.15) is 6.10 Å². The Kier molecular flexibility index (Phi) is 6.87. The number of benzene rings is 3. The van der Waals surface area contributed by atoms with Crippen molar-refractivity contribution < 1.29 is 9.53 Å². The van der Waals surface area contributed by atoms with Gasteiger partial charge in [-0.2, -0.15) is 0 Å². The molecule has 3 aromatic carbocycles. The van der Waals surface area contributed by atoms with Crippen LogP contribution in [0.3, 0.4) is 0 Å². The van der Waals surface area contributed by atoms with Crippen molar-refractivity contribution in [1.82, 2.24) is 0 Å². The maximum Gasteiger partial charge on any atom is 0.159 e. The highest BCUT2D eigenvalue weighted by atomic mass is 16.5. The third-order valence-corrected chi connectivity index (χ3v) is 4.94. The van der Waals surface area contributed by atoms with Crippen LogP contribution in [0.25, 0.3) is 0 Å². The average Bonchev–Trinajstić information content (AvgIpc) is 2.76. The standard InChI is InChI=1S/C28H24O2/c1-20-18-26(16-12-23-8-6-5-7-9-23)27(19-21(20)2)28(30-4)17-13-24-10-14-25(15-11-24)22(3)29/h5-11,14-15,18-19,28H,1-4H3. The summed E-state index contributed by atoms with van der Waals surface area (Å²) in [5, 5.41) is 0. The molecule has 0 aliphatic carbocycles. The van der Waals surface area contributed by atoms with E-state index in [0.29, 0.717) is 5.56 Å². The van der Waals surface area contributed by atoms with E-state index in [4.69, 9.17) is 4.74 Å². The van der Waals surface area contributed by atoms with Crippen LogP contribution in [-0.2, 0) is 4.74 Å². The van der Waals surface area contributed by atoms with Crippen LogP contribution >= 0.6 is 0 Å². The van der Waals surface area contributed by atoms with Crippen molar-refractivity contribution in [3.63, 3.8) is 0 Å². The lowest BCUT2D eigenvalue weighted by Gasteiger charge is -2.14. The fourth-order valence-electron chi connectivity index (χ4n) is 3.03. The molecule has 0 aliphatic heterocycles. The molecule has 0 fully saturated rings. The van der Waals surface area contributed by atoms with E-state index in [1.807, 2.05) is 42.5 Å². The number of ether oxygens (including phenoxy) is 1. The summed E-state index contributed by atoms with van der Waals surface area (Å²) >= 11 is 0. The van der Waals surface area contributed by atoms with Gasteiger partial charge in [-0.1, -0.05) is 60.1 Å². The van der Waals surface area contributed by atoms with Crippen LogP contribution in [-0.4, -0.2) is 12.9 Å². The highest BCUT2D eigenvalue weighted by molar-refractivity contribution is 5.94. The molecule has 148 valence electrons. The average molecular weight is 392 g/mol. The molecule has 30 heavy (non-hydrogen) atoms. The predicted octanol–water partition coefficient (Wildman–Crippen LogP) is 5.65. The zero-order valence-corrected chi connectivity index (χ0v) is 17.7. The summed E-state index contributed by atoms with van der Waals surface area (Å²) in [5.41, 5.74) is 6.70. The van der Waals surface area contributed by atoms with Crippen LogP contribution in [0.5, 0.6) is 0 Å². The Morgan fingerprint density at radius 2 is 1.47 bits per heavy atom. The molecule has 0 saturated carbocycles. The quantitative estimate of drug-likeness (QED) is 0.426. The van der Waals surface area contributed by atoms with Gasteiger partial charge in [0.05, 0.1) is 0 Å². The SMILES string of the molecule is COC(C#Cc1ccc(C(C)=O)cc1)c1cc(C)c(C)cc1C#Cc1ccccc1. The molecule has 2 heteroatoms. The van der Waals surface area contributed by atoms with Crippen molar-refractivity contribution >= 4 is 5.78 Å². The predicted molar refractivity (Wildman–Crippen MR) is 121 cm³/mol. The highest BCUT2D eigenvalue weighted by Crippen LogP contribution is 2.24. The van der Waals surface area contributed by atoms with Crippen LogP contribution in [0.2, 0.25) is 0 Å². The first-order valence-corrected chi connectivity index (χ1v) is 9.81. The van der Waals surface area contributed by atoms with Gasteiger partial charge in [0.2, 0.25) is 0 Å². The zero-order valence-electron chi connectivity index (χ0n) is 17.7. The summed E-state index contributed by atoms with van der Waals surface area (Å²) in [6, 6.07) is 21.4. The van der Waals surface area contributed by atoms with Crippen molar-refractivity contribution in [2.45, 2.75) is 26.9 Å². The smallest absolute Gasteiger partial charge is 0.159 e. The Hall–Kier alpha value is -3.59.